The summed E-state index contributed by atoms with van der Waals surface area (Å²) in [4.78, 5) is 2.36. The van der Waals surface area contributed by atoms with Gasteiger partial charge in [-0.3, -0.25) is 10.5 Å². The molecule has 3 unspecified atom stereocenters. The Bertz CT molecular complexity index is 428. The second-order valence-corrected chi connectivity index (χ2v) is 6.37. The summed E-state index contributed by atoms with van der Waals surface area (Å²) in [5.74, 6) is 6.71. The van der Waals surface area contributed by atoms with Gasteiger partial charge in [0.25, 0.3) is 0 Å². The lowest BCUT2D eigenvalue weighted by Gasteiger charge is -2.49. The van der Waals surface area contributed by atoms with Gasteiger partial charge < -0.3 is 4.90 Å². The third kappa shape index (κ3) is 2.62. The summed E-state index contributed by atoms with van der Waals surface area (Å²) in [5.41, 5.74) is 4.35. The van der Waals surface area contributed by atoms with Crippen LogP contribution < -0.4 is 11.3 Å². The first-order chi connectivity index (χ1) is 9.55. The van der Waals surface area contributed by atoms with E-state index < -0.39 is 0 Å². The molecule has 1 saturated carbocycles. The van der Waals surface area contributed by atoms with E-state index in [2.05, 4.69) is 54.1 Å². The number of aromatic nitrogens is 2. The van der Waals surface area contributed by atoms with Gasteiger partial charge in [-0.15, -0.1) is 0 Å². The Kier molecular flexibility index (Phi) is 4.83. The lowest BCUT2D eigenvalue weighted by molar-refractivity contribution is 0.0337. The Labute approximate surface area is 122 Å². The third-order valence-corrected chi connectivity index (χ3v) is 4.95. The molecule has 1 fully saturated rings. The molecule has 0 saturated heterocycles. The molecular formula is C15H29N5. The maximum Gasteiger partial charge on any atom is 0.0812 e. The SMILES string of the molecule is CCn1nccc1C(NN)C1(N(C)C)CCCC(C)C1. The molecule has 0 radical (unpaired) electrons. The summed E-state index contributed by atoms with van der Waals surface area (Å²) in [5, 5.41) is 4.41. The lowest BCUT2D eigenvalue weighted by Crippen LogP contribution is -2.57. The maximum atomic E-state index is 5.97. The highest BCUT2D eigenvalue weighted by molar-refractivity contribution is 5.16. The van der Waals surface area contributed by atoms with Gasteiger partial charge in [-0.25, -0.2) is 5.43 Å². The molecule has 1 aliphatic carbocycles. The maximum absolute atomic E-state index is 5.97. The van der Waals surface area contributed by atoms with E-state index in [4.69, 9.17) is 5.84 Å². The molecule has 0 amide bonds. The summed E-state index contributed by atoms with van der Waals surface area (Å²) in [6, 6.07) is 2.21. The fourth-order valence-corrected chi connectivity index (χ4v) is 3.86. The average Bonchev–Trinajstić information content (AvgIpc) is 2.87. The molecule has 2 rings (SSSR count). The quantitative estimate of drug-likeness (QED) is 0.638. The second kappa shape index (κ2) is 6.24. The van der Waals surface area contributed by atoms with Gasteiger partial charge in [-0.2, -0.15) is 5.10 Å². The van der Waals surface area contributed by atoms with E-state index in [9.17, 15) is 0 Å². The van der Waals surface area contributed by atoms with Crippen LogP contribution in [-0.2, 0) is 6.54 Å². The third-order valence-electron chi connectivity index (χ3n) is 4.95. The molecule has 114 valence electrons. The molecule has 0 aromatic carbocycles. The summed E-state index contributed by atoms with van der Waals surface area (Å²) in [7, 11) is 4.35. The van der Waals surface area contributed by atoms with Crippen molar-refractivity contribution >= 4 is 0 Å². The van der Waals surface area contributed by atoms with Crippen molar-refractivity contribution in [2.45, 2.75) is 57.7 Å². The van der Waals surface area contributed by atoms with Crippen LogP contribution in [0, 0.1) is 5.92 Å². The van der Waals surface area contributed by atoms with E-state index >= 15 is 0 Å². The summed E-state index contributed by atoms with van der Waals surface area (Å²) in [6.07, 6.45) is 6.80. The monoisotopic (exact) mass is 279 g/mol. The van der Waals surface area contributed by atoms with Crippen LogP contribution in [0.3, 0.4) is 0 Å². The standard InChI is InChI=1S/C15H29N5/c1-5-20-13(8-10-17-20)14(18-16)15(19(3)4)9-6-7-12(2)11-15/h8,10,12,14,18H,5-7,9,11,16H2,1-4H3. The molecule has 5 heteroatoms. The minimum Gasteiger partial charge on any atom is -0.302 e. The summed E-state index contributed by atoms with van der Waals surface area (Å²) < 4.78 is 2.05. The number of hydrogen-bond donors (Lipinski definition) is 2. The first kappa shape index (κ1) is 15.5. The van der Waals surface area contributed by atoms with Gasteiger partial charge in [-0.05, 0) is 45.8 Å². The van der Waals surface area contributed by atoms with Gasteiger partial charge in [0.15, 0.2) is 0 Å². The molecule has 1 aliphatic rings. The van der Waals surface area contributed by atoms with Crippen molar-refractivity contribution in [3.05, 3.63) is 18.0 Å². The van der Waals surface area contributed by atoms with Crippen molar-refractivity contribution in [1.29, 1.82) is 0 Å². The molecule has 20 heavy (non-hydrogen) atoms. The highest BCUT2D eigenvalue weighted by Crippen LogP contribution is 2.43. The molecule has 3 atom stereocenters. The van der Waals surface area contributed by atoms with Crippen LogP contribution in [0.25, 0.3) is 0 Å². The van der Waals surface area contributed by atoms with Crippen LogP contribution in [0.15, 0.2) is 12.3 Å². The van der Waals surface area contributed by atoms with E-state index in [0.29, 0.717) is 0 Å². The van der Waals surface area contributed by atoms with Crippen LogP contribution in [0.5, 0.6) is 0 Å². The number of rotatable bonds is 5. The smallest absolute Gasteiger partial charge is 0.0812 e. The van der Waals surface area contributed by atoms with E-state index in [1.807, 2.05) is 6.20 Å². The fourth-order valence-electron chi connectivity index (χ4n) is 3.86. The highest BCUT2D eigenvalue weighted by Gasteiger charge is 2.45. The fraction of sp³-hybridized carbons (Fsp3) is 0.800. The number of aryl methyl sites for hydroxylation is 1. The normalized spacial score (nSPS) is 28.8. The first-order valence-electron chi connectivity index (χ1n) is 7.70. The zero-order chi connectivity index (χ0) is 14.8. The predicted molar refractivity (Wildman–Crippen MR) is 82.0 cm³/mol. The molecule has 0 bridgehead atoms. The number of likely N-dealkylation sites (N-methyl/N-ethyl adjacent to an activating group) is 1. The van der Waals surface area contributed by atoms with Crippen molar-refractivity contribution in [2.24, 2.45) is 11.8 Å². The molecule has 5 nitrogen and oxygen atoms in total. The van der Waals surface area contributed by atoms with Gasteiger partial charge in [0, 0.05) is 18.3 Å². The Morgan fingerprint density at radius 1 is 1.60 bits per heavy atom. The van der Waals surface area contributed by atoms with Gasteiger partial charge in [0.05, 0.1) is 11.7 Å². The first-order valence-corrected chi connectivity index (χ1v) is 7.70. The average molecular weight is 279 g/mol. The Hall–Kier alpha value is -0.910. The largest absolute Gasteiger partial charge is 0.302 e. The molecule has 1 aromatic rings. The van der Waals surface area contributed by atoms with Crippen LogP contribution in [-0.4, -0.2) is 34.3 Å². The Morgan fingerprint density at radius 2 is 2.35 bits per heavy atom. The molecule has 3 N–H and O–H groups in total. The van der Waals surface area contributed by atoms with Gasteiger partial charge >= 0.3 is 0 Å². The van der Waals surface area contributed by atoms with Gasteiger partial charge in [-0.1, -0.05) is 19.8 Å². The predicted octanol–water partition coefficient (Wildman–Crippen LogP) is 1.92. The highest BCUT2D eigenvalue weighted by atomic mass is 15.3. The molecule has 0 spiro atoms. The number of nitrogens with one attached hydrogen (secondary N) is 1. The van der Waals surface area contributed by atoms with Gasteiger partial charge in [0.2, 0.25) is 0 Å². The van der Waals surface area contributed by atoms with E-state index in [1.165, 1.54) is 31.4 Å². The zero-order valence-corrected chi connectivity index (χ0v) is 13.3. The minimum absolute atomic E-state index is 0.0688. The number of nitrogens with two attached hydrogens (primary N) is 1. The van der Waals surface area contributed by atoms with Crippen molar-refractivity contribution < 1.29 is 0 Å². The lowest BCUT2D eigenvalue weighted by atomic mass is 9.70. The topological polar surface area (TPSA) is 59.1 Å². The van der Waals surface area contributed by atoms with Crippen molar-refractivity contribution in [2.75, 3.05) is 14.1 Å². The van der Waals surface area contributed by atoms with Gasteiger partial charge in [0.1, 0.15) is 0 Å². The Morgan fingerprint density at radius 3 is 2.90 bits per heavy atom. The number of nitrogens with zero attached hydrogens (tertiary/aromatic N) is 3. The molecule has 1 heterocycles. The van der Waals surface area contributed by atoms with E-state index in [-0.39, 0.29) is 11.6 Å². The molecule has 0 aliphatic heterocycles. The van der Waals surface area contributed by atoms with Crippen molar-refractivity contribution in [3.8, 4) is 0 Å². The number of hydrogen-bond acceptors (Lipinski definition) is 4. The van der Waals surface area contributed by atoms with Crippen LogP contribution in [0.4, 0.5) is 0 Å². The van der Waals surface area contributed by atoms with Crippen molar-refractivity contribution in [1.82, 2.24) is 20.1 Å². The second-order valence-electron chi connectivity index (χ2n) is 6.37. The zero-order valence-electron chi connectivity index (χ0n) is 13.3. The summed E-state index contributed by atoms with van der Waals surface area (Å²) in [6.45, 7) is 5.34. The Balaban J connectivity index is 2.40. The van der Waals surface area contributed by atoms with Crippen LogP contribution in [0.2, 0.25) is 0 Å². The molecule has 1 aromatic heterocycles. The van der Waals surface area contributed by atoms with E-state index in [0.717, 1.165) is 12.5 Å². The van der Waals surface area contributed by atoms with Crippen LogP contribution >= 0.6 is 0 Å². The molecular weight excluding hydrogens is 250 g/mol. The van der Waals surface area contributed by atoms with E-state index in [1.54, 1.807) is 0 Å². The summed E-state index contributed by atoms with van der Waals surface area (Å²) >= 11 is 0. The number of hydrazine groups is 1. The minimum atomic E-state index is 0.0688. The van der Waals surface area contributed by atoms with Crippen molar-refractivity contribution in [3.63, 3.8) is 0 Å². The van der Waals surface area contributed by atoms with Crippen LogP contribution in [0.1, 0.15) is 51.3 Å².